The van der Waals surface area contributed by atoms with Crippen LogP contribution in [0.2, 0.25) is 5.02 Å². The van der Waals surface area contributed by atoms with Crippen LogP contribution in [0.1, 0.15) is 13.8 Å². The van der Waals surface area contributed by atoms with Crippen LogP contribution in [0.3, 0.4) is 0 Å². The molecule has 2 aromatic carbocycles. The molecule has 0 fully saturated rings. The molecule has 3 N–H and O–H groups in total. The molecule has 0 heterocycles. The van der Waals surface area contributed by atoms with Gasteiger partial charge in [-0.05, 0) is 56.3 Å². The van der Waals surface area contributed by atoms with E-state index in [1.165, 1.54) is 0 Å². The van der Waals surface area contributed by atoms with Crippen molar-refractivity contribution in [3.8, 4) is 11.5 Å². The minimum absolute atomic E-state index is 0.266. The zero-order chi connectivity index (χ0) is 17.6. The van der Waals surface area contributed by atoms with Gasteiger partial charge in [0, 0.05) is 17.3 Å². The Morgan fingerprint density at radius 3 is 2.50 bits per heavy atom. The summed E-state index contributed by atoms with van der Waals surface area (Å²) in [6.45, 7) is 4.30. The highest BCUT2D eigenvalue weighted by atomic mass is 35.5. The zero-order valence-electron chi connectivity index (χ0n) is 13.7. The van der Waals surface area contributed by atoms with Gasteiger partial charge in [-0.2, -0.15) is 0 Å². The molecule has 2 rings (SSSR count). The molecule has 1 amide bonds. The lowest BCUT2D eigenvalue weighted by atomic mass is 10.1. The van der Waals surface area contributed by atoms with Gasteiger partial charge in [-0.3, -0.25) is 4.79 Å². The van der Waals surface area contributed by atoms with E-state index < -0.39 is 5.60 Å². The van der Waals surface area contributed by atoms with E-state index in [2.05, 4.69) is 5.32 Å². The van der Waals surface area contributed by atoms with E-state index in [1.807, 2.05) is 0 Å². The fourth-order valence-corrected chi connectivity index (χ4v) is 2.14. The molecule has 0 unspecified atom stereocenters. The van der Waals surface area contributed by atoms with Crippen molar-refractivity contribution >= 4 is 23.2 Å². The molecular formula is C18H21ClN2O3. The van der Waals surface area contributed by atoms with E-state index in [0.717, 1.165) is 0 Å². The van der Waals surface area contributed by atoms with Crippen molar-refractivity contribution in [3.05, 3.63) is 53.6 Å². The number of carbonyl (C=O) groups is 1. The molecular weight excluding hydrogens is 328 g/mol. The normalized spacial score (nSPS) is 11.0. The van der Waals surface area contributed by atoms with E-state index in [0.29, 0.717) is 35.4 Å². The Hall–Kier alpha value is -2.24. The van der Waals surface area contributed by atoms with Gasteiger partial charge in [0.1, 0.15) is 18.1 Å². The van der Waals surface area contributed by atoms with Gasteiger partial charge in [-0.25, -0.2) is 0 Å². The predicted molar refractivity (Wildman–Crippen MR) is 95.8 cm³/mol. The van der Waals surface area contributed by atoms with Crippen molar-refractivity contribution < 1.29 is 14.3 Å². The molecule has 0 aliphatic rings. The fourth-order valence-electron chi connectivity index (χ4n) is 1.96. The van der Waals surface area contributed by atoms with Crippen molar-refractivity contribution in [1.82, 2.24) is 0 Å². The molecule has 0 saturated heterocycles. The maximum atomic E-state index is 12.5. The summed E-state index contributed by atoms with van der Waals surface area (Å²) in [5.74, 6) is 0.971. The summed E-state index contributed by atoms with van der Waals surface area (Å²) < 4.78 is 11.2. The van der Waals surface area contributed by atoms with E-state index in [4.69, 9.17) is 26.8 Å². The van der Waals surface area contributed by atoms with Crippen molar-refractivity contribution in [2.75, 3.05) is 18.5 Å². The second kappa shape index (κ2) is 8.04. The summed E-state index contributed by atoms with van der Waals surface area (Å²) in [6, 6.07) is 14.0. The van der Waals surface area contributed by atoms with Crippen molar-refractivity contribution in [1.29, 1.82) is 0 Å². The first kappa shape index (κ1) is 18.1. The Kier molecular flexibility index (Phi) is 6.06. The molecule has 0 aromatic heterocycles. The Labute approximate surface area is 146 Å². The lowest BCUT2D eigenvalue weighted by molar-refractivity contribution is -0.128. The third kappa shape index (κ3) is 5.15. The Morgan fingerprint density at radius 1 is 1.17 bits per heavy atom. The highest BCUT2D eigenvalue weighted by Gasteiger charge is 2.30. The maximum absolute atomic E-state index is 12.5. The van der Waals surface area contributed by atoms with Crippen molar-refractivity contribution in [2.24, 2.45) is 5.73 Å². The van der Waals surface area contributed by atoms with Crippen LogP contribution >= 0.6 is 11.6 Å². The number of amides is 1. The molecule has 0 aliphatic carbocycles. The standard InChI is InChI=1S/C18H21ClN2O3/c1-18(2,24-16-5-3-4-13(19)12-16)17(22)21-14-6-8-15(9-7-14)23-11-10-20/h3-9,12H,10-11,20H2,1-2H3,(H,21,22). The monoisotopic (exact) mass is 348 g/mol. The number of hydrogen-bond donors (Lipinski definition) is 2. The molecule has 0 radical (unpaired) electrons. The van der Waals surface area contributed by atoms with Gasteiger partial charge < -0.3 is 20.5 Å². The zero-order valence-corrected chi connectivity index (χ0v) is 14.5. The average Bonchev–Trinajstić information content (AvgIpc) is 2.53. The second-order valence-electron chi connectivity index (χ2n) is 5.69. The van der Waals surface area contributed by atoms with Crippen LogP contribution in [0.15, 0.2) is 48.5 Å². The Bertz CT molecular complexity index is 687. The van der Waals surface area contributed by atoms with Crippen LogP contribution in [0.4, 0.5) is 5.69 Å². The largest absolute Gasteiger partial charge is 0.492 e. The number of rotatable bonds is 7. The highest BCUT2D eigenvalue weighted by Crippen LogP contribution is 2.23. The van der Waals surface area contributed by atoms with Gasteiger partial charge in [0.25, 0.3) is 5.91 Å². The summed E-state index contributed by atoms with van der Waals surface area (Å²) in [5.41, 5.74) is 4.99. The quantitative estimate of drug-likeness (QED) is 0.803. The molecule has 0 aliphatic heterocycles. The Balaban J connectivity index is 1.99. The number of carbonyl (C=O) groups excluding carboxylic acids is 1. The van der Waals surface area contributed by atoms with Gasteiger partial charge in [0.15, 0.2) is 5.60 Å². The molecule has 128 valence electrons. The number of anilines is 1. The van der Waals surface area contributed by atoms with Crippen LogP contribution in [0.25, 0.3) is 0 Å². The van der Waals surface area contributed by atoms with E-state index >= 15 is 0 Å². The summed E-state index contributed by atoms with van der Waals surface area (Å²) in [4.78, 5) is 12.5. The van der Waals surface area contributed by atoms with Gasteiger partial charge in [-0.15, -0.1) is 0 Å². The molecule has 0 saturated carbocycles. The van der Waals surface area contributed by atoms with E-state index in [1.54, 1.807) is 62.4 Å². The fraction of sp³-hybridized carbons (Fsp3) is 0.278. The van der Waals surface area contributed by atoms with Crippen LogP contribution < -0.4 is 20.5 Å². The first-order valence-electron chi connectivity index (χ1n) is 7.60. The summed E-state index contributed by atoms with van der Waals surface area (Å²) in [6.07, 6.45) is 0. The first-order chi connectivity index (χ1) is 11.4. The van der Waals surface area contributed by atoms with Crippen LogP contribution in [0, 0.1) is 0 Å². The number of nitrogens with two attached hydrogens (primary N) is 1. The van der Waals surface area contributed by atoms with E-state index in [9.17, 15) is 4.79 Å². The van der Waals surface area contributed by atoms with Crippen LogP contribution in [-0.2, 0) is 4.79 Å². The molecule has 0 bridgehead atoms. The average molecular weight is 349 g/mol. The smallest absolute Gasteiger partial charge is 0.267 e. The number of nitrogens with one attached hydrogen (secondary N) is 1. The number of hydrogen-bond acceptors (Lipinski definition) is 4. The van der Waals surface area contributed by atoms with Gasteiger partial charge >= 0.3 is 0 Å². The SMILES string of the molecule is CC(C)(Oc1cccc(Cl)c1)C(=O)Nc1ccc(OCCN)cc1. The lowest BCUT2D eigenvalue weighted by Crippen LogP contribution is -2.42. The lowest BCUT2D eigenvalue weighted by Gasteiger charge is -2.25. The third-order valence-electron chi connectivity index (χ3n) is 3.21. The summed E-state index contributed by atoms with van der Waals surface area (Å²) in [5, 5.41) is 3.38. The minimum Gasteiger partial charge on any atom is -0.492 e. The summed E-state index contributed by atoms with van der Waals surface area (Å²) >= 11 is 5.93. The second-order valence-corrected chi connectivity index (χ2v) is 6.12. The molecule has 24 heavy (non-hydrogen) atoms. The molecule has 0 atom stereocenters. The minimum atomic E-state index is -1.06. The number of benzene rings is 2. The number of halogens is 1. The predicted octanol–water partition coefficient (Wildman–Crippen LogP) is 3.47. The topological polar surface area (TPSA) is 73.6 Å². The number of ether oxygens (including phenoxy) is 2. The first-order valence-corrected chi connectivity index (χ1v) is 7.97. The molecule has 5 nitrogen and oxygen atoms in total. The van der Waals surface area contributed by atoms with Gasteiger partial charge in [-0.1, -0.05) is 17.7 Å². The van der Waals surface area contributed by atoms with Gasteiger partial charge in [0.2, 0.25) is 0 Å². The molecule has 2 aromatic rings. The van der Waals surface area contributed by atoms with Crippen LogP contribution in [-0.4, -0.2) is 24.7 Å². The Morgan fingerprint density at radius 2 is 1.88 bits per heavy atom. The van der Waals surface area contributed by atoms with Gasteiger partial charge in [0.05, 0.1) is 0 Å². The highest BCUT2D eigenvalue weighted by molar-refractivity contribution is 6.30. The third-order valence-corrected chi connectivity index (χ3v) is 3.45. The maximum Gasteiger partial charge on any atom is 0.267 e. The van der Waals surface area contributed by atoms with Crippen LogP contribution in [0.5, 0.6) is 11.5 Å². The van der Waals surface area contributed by atoms with Crippen molar-refractivity contribution in [2.45, 2.75) is 19.4 Å². The summed E-state index contributed by atoms with van der Waals surface area (Å²) in [7, 11) is 0. The molecule has 6 heteroatoms. The van der Waals surface area contributed by atoms with Crippen molar-refractivity contribution in [3.63, 3.8) is 0 Å². The van der Waals surface area contributed by atoms with E-state index in [-0.39, 0.29) is 5.91 Å². The molecule has 0 spiro atoms.